The van der Waals surface area contributed by atoms with Crippen molar-refractivity contribution >= 4 is 11.9 Å². The quantitative estimate of drug-likeness (QED) is 0.734. The molecule has 0 aliphatic rings. The van der Waals surface area contributed by atoms with Crippen molar-refractivity contribution in [1.82, 2.24) is 0 Å². The highest BCUT2D eigenvalue weighted by atomic mass is 19.4. The van der Waals surface area contributed by atoms with Crippen molar-refractivity contribution in [1.29, 1.82) is 0 Å². The van der Waals surface area contributed by atoms with Crippen LogP contribution in [0.25, 0.3) is 0 Å². The van der Waals surface area contributed by atoms with Gasteiger partial charge in [-0.3, -0.25) is 0 Å². The molecule has 0 saturated carbocycles. The van der Waals surface area contributed by atoms with Crippen LogP contribution in [0.15, 0.2) is 48.5 Å². The summed E-state index contributed by atoms with van der Waals surface area (Å²) in [5.74, 6) is -2.61. The second-order valence-corrected chi connectivity index (χ2v) is 4.76. The molecule has 2 aromatic carbocycles. The van der Waals surface area contributed by atoms with Crippen molar-refractivity contribution in [2.75, 3.05) is 0 Å². The predicted octanol–water partition coefficient (Wildman–Crippen LogP) is 4.81. The Labute approximate surface area is 142 Å². The number of alkyl halides is 6. The van der Waals surface area contributed by atoms with Crippen molar-refractivity contribution in [3.05, 3.63) is 70.8 Å². The van der Waals surface area contributed by atoms with Gasteiger partial charge in [-0.05, 0) is 42.5 Å². The Morgan fingerprint density at radius 1 is 0.654 bits per heavy atom. The molecule has 0 bridgehead atoms. The summed E-state index contributed by atoms with van der Waals surface area (Å²) in [7, 11) is 0. The third-order valence-electron chi connectivity index (χ3n) is 2.90. The molecule has 10 heteroatoms. The zero-order chi connectivity index (χ0) is 20.1. The van der Waals surface area contributed by atoms with Gasteiger partial charge in [0.1, 0.15) is 0 Å². The SMILES string of the molecule is O=C(O)c1ccc(C(F)(F)F)cc1.O=C(O)c1cccc(C(F)(F)F)c1. The maximum Gasteiger partial charge on any atom is 0.416 e. The van der Waals surface area contributed by atoms with Crippen LogP contribution in [0.2, 0.25) is 0 Å². The van der Waals surface area contributed by atoms with E-state index in [-0.39, 0.29) is 11.1 Å². The van der Waals surface area contributed by atoms with Crippen molar-refractivity contribution < 1.29 is 46.1 Å². The lowest BCUT2D eigenvalue weighted by Gasteiger charge is -2.06. The van der Waals surface area contributed by atoms with E-state index < -0.39 is 35.4 Å². The zero-order valence-electron chi connectivity index (χ0n) is 12.6. The summed E-state index contributed by atoms with van der Waals surface area (Å²) in [6.45, 7) is 0. The summed E-state index contributed by atoms with van der Waals surface area (Å²) in [4.78, 5) is 20.6. The lowest BCUT2D eigenvalue weighted by atomic mass is 10.1. The van der Waals surface area contributed by atoms with Crippen LogP contribution in [0.1, 0.15) is 31.8 Å². The molecule has 2 aromatic rings. The van der Waals surface area contributed by atoms with Crippen LogP contribution in [-0.4, -0.2) is 22.2 Å². The fourth-order valence-corrected chi connectivity index (χ4v) is 1.63. The summed E-state index contributed by atoms with van der Waals surface area (Å²) >= 11 is 0. The molecular formula is C16H10F6O4. The summed E-state index contributed by atoms with van der Waals surface area (Å²) in [5.41, 5.74) is -2.33. The van der Waals surface area contributed by atoms with E-state index in [1.807, 2.05) is 0 Å². The predicted molar refractivity (Wildman–Crippen MR) is 76.8 cm³/mol. The molecule has 4 nitrogen and oxygen atoms in total. The van der Waals surface area contributed by atoms with E-state index in [1.54, 1.807) is 0 Å². The molecule has 0 saturated heterocycles. The second-order valence-electron chi connectivity index (χ2n) is 4.76. The van der Waals surface area contributed by atoms with Crippen LogP contribution in [0.4, 0.5) is 26.3 Å². The van der Waals surface area contributed by atoms with Gasteiger partial charge in [0, 0.05) is 0 Å². The molecular weight excluding hydrogens is 370 g/mol. The second kappa shape index (κ2) is 7.89. The third kappa shape index (κ3) is 6.11. The molecule has 2 rings (SSSR count). The van der Waals surface area contributed by atoms with E-state index in [0.717, 1.165) is 42.5 Å². The summed E-state index contributed by atoms with van der Waals surface area (Å²) in [6.07, 6.45) is -8.91. The lowest BCUT2D eigenvalue weighted by Crippen LogP contribution is -2.06. The van der Waals surface area contributed by atoms with Crippen LogP contribution in [0.3, 0.4) is 0 Å². The standard InChI is InChI=1S/2C8H5F3O2/c9-8(10,11)6-3-1-5(2-4-6)7(12)13;9-8(10,11)6-3-1-2-5(4-6)7(12)13/h2*1-4H,(H,12,13). The van der Waals surface area contributed by atoms with E-state index in [0.29, 0.717) is 6.07 Å². The smallest absolute Gasteiger partial charge is 0.416 e. The average Bonchev–Trinajstić information content (AvgIpc) is 2.54. The van der Waals surface area contributed by atoms with Crippen LogP contribution in [0.5, 0.6) is 0 Å². The van der Waals surface area contributed by atoms with Crippen molar-refractivity contribution in [3.8, 4) is 0 Å². The molecule has 0 radical (unpaired) electrons. The molecule has 0 spiro atoms. The minimum Gasteiger partial charge on any atom is -0.478 e. The van der Waals surface area contributed by atoms with Crippen LogP contribution in [-0.2, 0) is 12.4 Å². The first kappa shape index (κ1) is 21.0. The molecule has 0 aliphatic carbocycles. The maximum absolute atomic E-state index is 12.0. The average molecular weight is 380 g/mol. The highest BCUT2D eigenvalue weighted by molar-refractivity contribution is 5.88. The Bertz CT molecular complexity index is 779. The number of carbonyl (C=O) groups is 2. The van der Waals surface area contributed by atoms with E-state index in [2.05, 4.69) is 0 Å². The first-order valence-electron chi connectivity index (χ1n) is 6.63. The molecule has 26 heavy (non-hydrogen) atoms. The minimum absolute atomic E-state index is 0.159. The van der Waals surface area contributed by atoms with Gasteiger partial charge in [0.05, 0.1) is 22.3 Å². The Morgan fingerprint density at radius 2 is 1.12 bits per heavy atom. The van der Waals surface area contributed by atoms with Crippen molar-refractivity contribution in [2.24, 2.45) is 0 Å². The zero-order valence-corrected chi connectivity index (χ0v) is 12.6. The summed E-state index contributed by atoms with van der Waals surface area (Å²) in [5, 5.41) is 16.8. The normalized spacial score (nSPS) is 11.3. The molecule has 0 amide bonds. The van der Waals surface area contributed by atoms with E-state index >= 15 is 0 Å². The van der Waals surface area contributed by atoms with Crippen molar-refractivity contribution in [3.63, 3.8) is 0 Å². The van der Waals surface area contributed by atoms with Gasteiger partial charge >= 0.3 is 24.3 Å². The third-order valence-corrected chi connectivity index (χ3v) is 2.90. The number of carboxylic acids is 2. The number of benzene rings is 2. The lowest BCUT2D eigenvalue weighted by molar-refractivity contribution is -0.138. The number of hydrogen-bond donors (Lipinski definition) is 2. The largest absolute Gasteiger partial charge is 0.478 e. The molecule has 0 aliphatic heterocycles. The van der Waals surface area contributed by atoms with E-state index in [4.69, 9.17) is 10.2 Å². The number of rotatable bonds is 2. The monoisotopic (exact) mass is 380 g/mol. The van der Waals surface area contributed by atoms with Gasteiger partial charge in [0.2, 0.25) is 0 Å². The summed E-state index contributed by atoms with van der Waals surface area (Å²) in [6, 6.07) is 6.92. The van der Waals surface area contributed by atoms with Crippen LogP contribution >= 0.6 is 0 Å². The summed E-state index contributed by atoms with van der Waals surface area (Å²) < 4.78 is 72.0. The van der Waals surface area contributed by atoms with E-state index in [9.17, 15) is 35.9 Å². The molecule has 2 N–H and O–H groups in total. The molecule has 0 heterocycles. The first-order chi connectivity index (χ1) is 11.8. The van der Waals surface area contributed by atoms with Crippen LogP contribution < -0.4 is 0 Å². The maximum atomic E-state index is 12.0. The van der Waals surface area contributed by atoms with Crippen molar-refractivity contribution in [2.45, 2.75) is 12.4 Å². The van der Waals surface area contributed by atoms with Crippen LogP contribution in [0, 0.1) is 0 Å². The van der Waals surface area contributed by atoms with Gasteiger partial charge in [0.25, 0.3) is 0 Å². The van der Waals surface area contributed by atoms with E-state index in [1.165, 1.54) is 0 Å². The molecule has 0 atom stereocenters. The topological polar surface area (TPSA) is 74.6 Å². The van der Waals surface area contributed by atoms with Gasteiger partial charge in [-0.2, -0.15) is 26.3 Å². The molecule has 140 valence electrons. The first-order valence-corrected chi connectivity index (χ1v) is 6.63. The van der Waals surface area contributed by atoms with Gasteiger partial charge in [-0.25, -0.2) is 9.59 Å². The minimum atomic E-state index is -4.49. The highest BCUT2D eigenvalue weighted by Crippen LogP contribution is 2.30. The number of aromatic carboxylic acids is 2. The Balaban J connectivity index is 0.000000260. The van der Waals surface area contributed by atoms with Gasteiger partial charge in [-0.1, -0.05) is 6.07 Å². The Morgan fingerprint density at radius 3 is 1.50 bits per heavy atom. The number of carboxylic acid groups (broad SMARTS) is 2. The Kier molecular flexibility index (Phi) is 6.38. The Hall–Kier alpha value is -3.04. The molecule has 0 fully saturated rings. The number of hydrogen-bond acceptors (Lipinski definition) is 2. The number of halogens is 6. The fourth-order valence-electron chi connectivity index (χ4n) is 1.63. The molecule has 0 unspecified atom stereocenters. The highest BCUT2D eigenvalue weighted by Gasteiger charge is 2.31. The fraction of sp³-hybridized carbons (Fsp3) is 0.125. The molecule has 0 aromatic heterocycles. The van der Waals surface area contributed by atoms with Gasteiger partial charge in [-0.15, -0.1) is 0 Å². The van der Waals surface area contributed by atoms with Gasteiger partial charge in [0.15, 0.2) is 0 Å². The van der Waals surface area contributed by atoms with Gasteiger partial charge < -0.3 is 10.2 Å².